The molecule has 0 aliphatic rings. The van der Waals surface area contributed by atoms with Crippen molar-refractivity contribution in [2.24, 2.45) is 0 Å². The maximum absolute atomic E-state index is 13.0. The average molecular weight is 299 g/mol. The molecule has 0 atom stereocenters. The first kappa shape index (κ1) is 16.3. The fourth-order valence-corrected chi connectivity index (χ4v) is 1.50. The molecule has 0 radical (unpaired) electrons. The average Bonchev–Trinajstić information content (AvgIpc) is 2.33. The predicted octanol–water partition coefficient (Wildman–Crippen LogP) is 3.37. The summed E-state index contributed by atoms with van der Waals surface area (Å²) in [6.45, 7) is 0.365. The summed E-state index contributed by atoms with van der Waals surface area (Å²) in [5.74, 6) is -8.48. The first-order valence-electron chi connectivity index (χ1n) is 5.58. The summed E-state index contributed by atoms with van der Waals surface area (Å²) in [6.07, 6.45) is -5.96. The van der Waals surface area contributed by atoms with E-state index in [0.717, 1.165) is 12.1 Å². The number of benzene rings is 1. The Morgan fingerprint density at radius 3 is 2.25 bits per heavy atom. The lowest BCUT2D eigenvalue weighted by Gasteiger charge is -2.27. The molecule has 2 nitrogen and oxygen atoms in total. The van der Waals surface area contributed by atoms with Crippen molar-refractivity contribution < 1.29 is 31.1 Å². The number of hydrogen-bond acceptors (Lipinski definition) is 1. The Morgan fingerprint density at radius 1 is 1.20 bits per heavy atom. The minimum Gasteiger partial charge on any atom is -0.333 e. The molecular formula is C12H11F6NO. The second-order valence-electron chi connectivity index (χ2n) is 4.02. The van der Waals surface area contributed by atoms with E-state index in [1.807, 2.05) is 0 Å². The Kier molecular flexibility index (Phi) is 4.67. The lowest BCUT2D eigenvalue weighted by molar-refractivity contribution is -0.274. The zero-order valence-electron chi connectivity index (χ0n) is 10.3. The molecule has 112 valence electrons. The number of amides is 1. The highest BCUT2D eigenvalue weighted by molar-refractivity contribution is 5.84. The number of nitrogens with zero attached hydrogens (tertiary/aromatic N) is 1. The van der Waals surface area contributed by atoms with E-state index in [1.165, 1.54) is 19.1 Å². The van der Waals surface area contributed by atoms with Crippen LogP contribution in [0.3, 0.4) is 0 Å². The van der Waals surface area contributed by atoms with E-state index < -0.39 is 30.4 Å². The molecule has 1 rings (SSSR count). The van der Waals surface area contributed by atoms with Crippen LogP contribution < -0.4 is 0 Å². The van der Waals surface area contributed by atoms with Crippen molar-refractivity contribution in [1.82, 2.24) is 4.90 Å². The van der Waals surface area contributed by atoms with Gasteiger partial charge in [0.1, 0.15) is 5.82 Å². The van der Waals surface area contributed by atoms with Crippen molar-refractivity contribution in [3.8, 4) is 0 Å². The lowest BCUT2D eigenvalue weighted by Crippen LogP contribution is -2.51. The molecule has 0 aliphatic heterocycles. The highest BCUT2D eigenvalue weighted by Gasteiger charge is 2.64. The molecule has 0 bridgehead atoms. The lowest BCUT2D eigenvalue weighted by atomic mass is 10.2. The van der Waals surface area contributed by atoms with E-state index >= 15 is 0 Å². The van der Waals surface area contributed by atoms with Gasteiger partial charge in [-0.1, -0.05) is 12.1 Å². The fraction of sp³-hybridized carbons (Fsp3) is 0.417. The number of rotatable bonds is 4. The highest BCUT2D eigenvalue weighted by Crippen LogP contribution is 2.37. The zero-order valence-corrected chi connectivity index (χ0v) is 10.3. The van der Waals surface area contributed by atoms with Crippen molar-refractivity contribution in [3.63, 3.8) is 0 Å². The third-order valence-electron chi connectivity index (χ3n) is 2.56. The van der Waals surface area contributed by atoms with E-state index in [9.17, 15) is 31.1 Å². The van der Waals surface area contributed by atoms with Gasteiger partial charge in [-0.15, -0.1) is 0 Å². The van der Waals surface area contributed by atoms with Crippen LogP contribution in [0.4, 0.5) is 26.3 Å². The molecule has 1 aromatic carbocycles. The fourth-order valence-electron chi connectivity index (χ4n) is 1.50. The van der Waals surface area contributed by atoms with Gasteiger partial charge < -0.3 is 4.90 Å². The summed E-state index contributed by atoms with van der Waals surface area (Å²) >= 11 is 0. The van der Waals surface area contributed by atoms with Crippen LogP contribution in [0, 0.1) is 5.82 Å². The quantitative estimate of drug-likeness (QED) is 0.781. The van der Waals surface area contributed by atoms with E-state index in [2.05, 4.69) is 0 Å². The molecule has 1 amide bonds. The second-order valence-corrected chi connectivity index (χ2v) is 4.02. The smallest absolute Gasteiger partial charge is 0.333 e. The Hall–Kier alpha value is -1.73. The number of halogens is 6. The zero-order chi connectivity index (χ0) is 15.6. The summed E-state index contributed by atoms with van der Waals surface area (Å²) in [4.78, 5) is 11.6. The number of alkyl halides is 5. The Morgan fingerprint density at radius 2 is 1.80 bits per heavy atom. The summed E-state index contributed by atoms with van der Waals surface area (Å²) in [5.41, 5.74) is 0.123. The molecule has 20 heavy (non-hydrogen) atoms. The third-order valence-corrected chi connectivity index (χ3v) is 2.56. The van der Waals surface area contributed by atoms with Gasteiger partial charge in [0, 0.05) is 13.1 Å². The first-order chi connectivity index (χ1) is 9.09. The minimum atomic E-state index is -5.96. The molecular weight excluding hydrogens is 288 g/mol. The molecule has 0 aromatic heterocycles. The van der Waals surface area contributed by atoms with Gasteiger partial charge in [0.15, 0.2) is 0 Å². The Balaban J connectivity index is 2.94. The van der Waals surface area contributed by atoms with Gasteiger partial charge in [0.2, 0.25) is 0 Å². The topological polar surface area (TPSA) is 20.3 Å². The van der Waals surface area contributed by atoms with Crippen molar-refractivity contribution >= 4 is 5.91 Å². The predicted molar refractivity (Wildman–Crippen MR) is 58.5 cm³/mol. The monoisotopic (exact) mass is 299 g/mol. The SMILES string of the molecule is CCN(Cc1cccc(F)c1)C(=O)C(F)(F)C(F)(F)F. The second kappa shape index (κ2) is 5.72. The van der Waals surface area contributed by atoms with Crippen LogP contribution in [-0.2, 0) is 11.3 Å². The van der Waals surface area contributed by atoms with Gasteiger partial charge in [-0.3, -0.25) is 4.79 Å². The molecule has 0 N–H and O–H groups in total. The van der Waals surface area contributed by atoms with Crippen LogP contribution in [0.2, 0.25) is 0 Å². The van der Waals surface area contributed by atoms with E-state index in [1.54, 1.807) is 0 Å². The molecule has 0 unspecified atom stereocenters. The van der Waals surface area contributed by atoms with E-state index in [4.69, 9.17) is 0 Å². The van der Waals surface area contributed by atoms with Crippen molar-refractivity contribution in [3.05, 3.63) is 35.6 Å². The van der Waals surface area contributed by atoms with Gasteiger partial charge in [0.25, 0.3) is 0 Å². The molecule has 0 heterocycles. The molecule has 0 saturated heterocycles. The molecule has 1 aromatic rings. The van der Waals surface area contributed by atoms with E-state index in [-0.39, 0.29) is 12.1 Å². The Labute approximate surface area is 111 Å². The van der Waals surface area contributed by atoms with Gasteiger partial charge in [-0.05, 0) is 24.6 Å². The minimum absolute atomic E-state index is 0.123. The van der Waals surface area contributed by atoms with Crippen LogP contribution in [-0.4, -0.2) is 29.5 Å². The maximum atomic E-state index is 13.0. The van der Waals surface area contributed by atoms with Crippen molar-refractivity contribution in [2.45, 2.75) is 25.6 Å². The molecule has 0 aliphatic carbocycles. The highest BCUT2D eigenvalue weighted by atomic mass is 19.4. The number of carbonyl (C=O) groups is 1. The van der Waals surface area contributed by atoms with Crippen LogP contribution >= 0.6 is 0 Å². The largest absolute Gasteiger partial charge is 0.463 e. The molecule has 0 spiro atoms. The number of hydrogen-bond donors (Lipinski definition) is 0. The van der Waals surface area contributed by atoms with Crippen LogP contribution in [0.1, 0.15) is 12.5 Å². The third kappa shape index (κ3) is 3.43. The summed E-state index contributed by atoms with van der Waals surface area (Å²) in [5, 5.41) is 0. The van der Waals surface area contributed by atoms with Gasteiger partial charge in [0.05, 0.1) is 0 Å². The first-order valence-corrected chi connectivity index (χ1v) is 5.58. The van der Waals surface area contributed by atoms with Gasteiger partial charge in [-0.2, -0.15) is 22.0 Å². The molecule has 0 saturated carbocycles. The van der Waals surface area contributed by atoms with Crippen LogP contribution in [0.5, 0.6) is 0 Å². The summed E-state index contributed by atoms with van der Waals surface area (Å²) < 4.78 is 75.2. The van der Waals surface area contributed by atoms with Gasteiger partial charge in [-0.25, -0.2) is 4.39 Å². The summed E-state index contributed by atoms with van der Waals surface area (Å²) in [7, 11) is 0. The Bertz CT molecular complexity index is 485. The maximum Gasteiger partial charge on any atom is 0.463 e. The van der Waals surface area contributed by atoms with Crippen molar-refractivity contribution in [2.75, 3.05) is 6.54 Å². The molecule has 8 heteroatoms. The van der Waals surface area contributed by atoms with E-state index in [0.29, 0.717) is 4.90 Å². The normalized spacial score (nSPS) is 12.3. The van der Waals surface area contributed by atoms with Crippen molar-refractivity contribution in [1.29, 1.82) is 0 Å². The summed E-state index contributed by atoms with van der Waals surface area (Å²) in [6, 6.07) is 4.64. The standard InChI is InChI=1S/C12H11F6NO/c1-2-19(7-8-4-3-5-9(13)6-8)10(20)11(14,15)12(16,17)18/h3-6H,2,7H2,1H3. The van der Waals surface area contributed by atoms with Crippen LogP contribution in [0.15, 0.2) is 24.3 Å². The number of carbonyl (C=O) groups excluding carboxylic acids is 1. The van der Waals surface area contributed by atoms with Gasteiger partial charge >= 0.3 is 18.0 Å². The van der Waals surface area contributed by atoms with Crippen LogP contribution in [0.25, 0.3) is 0 Å². The molecule has 0 fully saturated rings.